The molecule has 1 N–H and O–H groups in total. The number of aromatic nitrogens is 2. The van der Waals surface area contributed by atoms with Crippen molar-refractivity contribution in [1.29, 1.82) is 0 Å². The molecule has 0 saturated carbocycles. The van der Waals surface area contributed by atoms with Gasteiger partial charge in [-0.15, -0.1) is 0 Å². The average Bonchev–Trinajstić information content (AvgIpc) is 2.90. The molecule has 0 spiro atoms. The molecule has 0 saturated heterocycles. The first-order valence-electron chi connectivity index (χ1n) is 6.21. The van der Waals surface area contributed by atoms with E-state index < -0.39 is 0 Å². The Balaban J connectivity index is 2.07. The number of rotatable bonds is 2. The van der Waals surface area contributed by atoms with E-state index in [1.807, 2.05) is 16.8 Å². The van der Waals surface area contributed by atoms with Crippen molar-refractivity contribution in [3.8, 4) is 5.75 Å². The van der Waals surface area contributed by atoms with Gasteiger partial charge in [0.2, 0.25) is 0 Å². The molecule has 1 aromatic heterocycles. The van der Waals surface area contributed by atoms with Gasteiger partial charge in [0, 0.05) is 18.1 Å². The van der Waals surface area contributed by atoms with E-state index in [0.29, 0.717) is 5.56 Å². The van der Waals surface area contributed by atoms with E-state index in [1.165, 1.54) is 6.92 Å². The second kappa shape index (κ2) is 4.39. The molecule has 2 aromatic rings. The summed E-state index contributed by atoms with van der Waals surface area (Å²) in [6, 6.07) is 3.47. The normalized spacial score (nSPS) is 13.8. The summed E-state index contributed by atoms with van der Waals surface area (Å²) >= 11 is 0. The first-order chi connectivity index (χ1) is 9.15. The molecular formula is C15H14N2O2. The number of fused-ring (bicyclic) bond motifs is 1. The number of carbonyl (C=O) groups is 1. The quantitative estimate of drug-likeness (QED) is 0.838. The zero-order valence-corrected chi connectivity index (χ0v) is 10.6. The third-order valence-corrected chi connectivity index (χ3v) is 3.45. The Labute approximate surface area is 111 Å². The summed E-state index contributed by atoms with van der Waals surface area (Å²) in [5.41, 5.74) is 3.61. The molecular weight excluding hydrogens is 240 g/mol. The monoisotopic (exact) mass is 254 g/mol. The molecule has 1 heterocycles. The fourth-order valence-corrected chi connectivity index (χ4v) is 2.43. The number of hydrogen-bond acceptors (Lipinski definition) is 3. The van der Waals surface area contributed by atoms with E-state index in [-0.39, 0.29) is 11.5 Å². The van der Waals surface area contributed by atoms with Gasteiger partial charge in [-0.1, -0.05) is 0 Å². The molecule has 19 heavy (non-hydrogen) atoms. The number of phenolic OH excluding ortho intramolecular Hbond substituents is 1. The predicted octanol–water partition coefficient (Wildman–Crippen LogP) is 2.74. The smallest absolute Gasteiger partial charge is 0.163 e. The largest absolute Gasteiger partial charge is 0.507 e. The molecule has 3 rings (SSSR count). The zero-order valence-electron chi connectivity index (χ0n) is 10.6. The minimum atomic E-state index is -0.107. The fraction of sp³-hybridized carbons (Fsp3) is 0.200. The number of carbonyl (C=O) groups excluding carboxylic acids is 1. The maximum absolute atomic E-state index is 11.4. The Hall–Kier alpha value is -2.36. The van der Waals surface area contributed by atoms with Crippen LogP contribution in [-0.2, 0) is 6.42 Å². The second-order valence-corrected chi connectivity index (χ2v) is 4.73. The number of imidazole rings is 1. The lowest BCUT2D eigenvalue weighted by Gasteiger charge is -2.18. The fourth-order valence-electron chi connectivity index (χ4n) is 2.43. The van der Waals surface area contributed by atoms with Gasteiger partial charge in [-0.2, -0.15) is 0 Å². The summed E-state index contributed by atoms with van der Waals surface area (Å²) in [5.74, 6) is -0.0564. The number of phenols is 1. The molecule has 1 aliphatic carbocycles. The standard InChI is InChI=1S/C15H14N2O2/c1-10(18)14-7-11-2-3-13(17-5-4-16-9-17)6-12(11)8-15(14)19/h4-9,19H,2-3H2,1H3. The number of nitrogens with zero attached hydrogens (tertiary/aromatic N) is 2. The van der Waals surface area contributed by atoms with Crippen LogP contribution in [0.15, 0.2) is 30.9 Å². The van der Waals surface area contributed by atoms with Crippen LogP contribution in [0, 0.1) is 0 Å². The second-order valence-electron chi connectivity index (χ2n) is 4.73. The van der Waals surface area contributed by atoms with Crippen LogP contribution in [0.5, 0.6) is 5.75 Å². The Morgan fingerprint density at radius 3 is 2.89 bits per heavy atom. The van der Waals surface area contributed by atoms with Crippen molar-refractivity contribution in [2.75, 3.05) is 0 Å². The molecule has 0 fully saturated rings. The molecule has 96 valence electrons. The van der Waals surface area contributed by atoms with Crippen molar-refractivity contribution in [2.24, 2.45) is 0 Å². The van der Waals surface area contributed by atoms with Crippen LogP contribution < -0.4 is 0 Å². The number of benzene rings is 1. The molecule has 0 radical (unpaired) electrons. The van der Waals surface area contributed by atoms with E-state index in [2.05, 4.69) is 4.98 Å². The molecule has 0 bridgehead atoms. The van der Waals surface area contributed by atoms with Gasteiger partial charge in [-0.25, -0.2) is 4.98 Å². The van der Waals surface area contributed by atoms with Crippen molar-refractivity contribution in [2.45, 2.75) is 19.8 Å². The lowest BCUT2D eigenvalue weighted by molar-refractivity contribution is 0.101. The van der Waals surface area contributed by atoms with Gasteiger partial charge in [0.15, 0.2) is 5.78 Å². The van der Waals surface area contributed by atoms with Crippen molar-refractivity contribution in [1.82, 2.24) is 9.55 Å². The number of aromatic hydroxyl groups is 1. The van der Waals surface area contributed by atoms with E-state index >= 15 is 0 Å². The van der Waals surface area contributed by atoms with Crippen molar-refractivity contribution < 1.29 is 9.90 Å². The summed E-state index contributed by atoms with van der Waals surface area (Å²) in [7, 11) is 0. The number of aryl methyl sites for hydroxylation is 1. The lowest BCUT2D eigenvalue weighted by atomic mass is 9.92. The van der Waals surface area contributed by atoms with Crippen molar-refractivity contribution in [3.63, 3.8) is 0 Å². The number of ketones is 1. The van der Waals surface area contributed by atoms with Crippen LogP contribution in [0.1, 0.15) is 34.8 Å². The number of Topliss-reactive ketones (excluding diaryl/α,β-unsaturated/α-hetero) is 1. The van der Waals surface area contributed by atoms with Crippen molar-refractivity contribution >= 4 is 17.6 Å². The number of allylic oxidation sites excluding steroid dienone is 1. The SMILES string of the molecule is CC(=O)c1cc2c(cc1O)C=C(n1ccnc1)CC2. The van der Waals surface area contributed by atoms with Crippen LogP contribution in [0.25, 0.3) is 11.8 Å². The van der Waals surface area contributed by atoms with Crippen LogP contribution in [0.2, 0.25) is 0 Å². The highest BCUT2D eigenvalue weighted by Gasteiger charge is 2.16. The number of hydrogen-bond donors (Lipinski definition) is 1. The first kappa shape index (κ1) is 11.7. The molecule has 0 unspecified atom stereocenters. The highest BCUT2D eigenvalue weighted by Crippen LogP contribution is 2.31. The lowest BCUT2D eigenvalue weighted by Crippen LogP contribution is -2.05. The van der Waals surface area contributed by atoms with Crippen LogP contribution >= 0.6 is 0 Å². The maximum atomic E-state index is 11.4. The molecule has 1 aliphatic rings. The average molecular weight is 254 g/mol. The maximum Gasteiger partial charge on any atom is 0.163 e. The highest BCUT2D eigenvalue weighted by molar-refractivity contribution is 5.97. The summed E-state index contributed by atoms with van der Waals surface area (Å²) < 4.78 is 1.97. The molecule has 4 heteroatoms. The van der Waals surface area contributed by atoms with Crippen molar-refractivity contribution in [3.05, 3.63) is 47.5 Å². The van der Waals surface area contributed by atoms with Gasteiger partial charge in [-0.05, 0) is 49.1 Å². The van der Waals surface area contributed by atoms with Crippen LogP contribution in [0.3, 0.4) is 0 Å². The first-order valence-corrected chi connectivity index (χ1v) is 6.21. The predicted molar refractivity (Wildman–Crippen MR) is 72.8 cm³/mol. The van der Waals surface area contributed by atoms with Gasteiger partial charge in [-0.3, -0.25) is 4.79 Å². The Kier molecular flexibility index (Phi) is 2.71. The minimum Gasteiger partial charge on any atom is -0.507 e. The summed E-state index contributed by atoms with van der Waals surface area (Å²) in [5, 5.41) is 9.88. The molecule has 4 nitrogen and oxygen atoms in total. The molecule has 0 amide bonds. The summed E-state index contributed by atoms with van der Waals surface area (Å²) in [6.45, 7) is 1.47. The third kappa shape index (κ3) is 2.05. The third-order valence-electron chi connectivity index (χ3n) is 3.45. The van der Waals surface area contributed by atoms with Gasteiger partial charge in [0.1, 0.15) is 5.75 Å². The molecule has 0 atom stereocenters. The topological polar surface area (TPSA) is 55.1 Å². The summed E-state index contributed by atoms with van der Waals surface area (Å²) in [4.78, 5) is 15.5. The Bertz CT molecular complexity index is 670. The van der Waals surface area contributed by atoms with E-state index in [0.717, 1.165) is 29.7 Å². The Morgan fingerprint density at radius 1 is 1.37 bits per heavy atom. The van der Waals surface area contributed by atoms with E-state index in [9.17, 15) is 9.90 Å². The van der Waals surface area contributed by atoms with Crippen LogP contribution in [-0.4, -0.2) is 20.4 Å². The highest BCUT2D eigenvalue weighted by atomic mass is 16.3. The molecule has 1 aromatic carbocycles. The van der Waals surface area contributed by atoms with E-state index in [1.54, 1.807) is 24.7 Å². The van der Waals surface area contributed by atoms with Gasteiger partial charge < -0.3 is 9.67 Å². The Morgan fingerprint density at radius 2 is 2.21 bits per heavy atom. The van der Waals surface area contributed by atoms with Gasteiger partial charge in [0.25, 0.3) is 0 Å². The van der Waals surface area contributed by atoms with E-state index in [4.69, 9.17) is 0 Å². The zero-order chi connectivity index (χ0) is 13.4. The van der Waals surface area contributed by atoms with Crippen LogP contribution in [0.4, 0.5) is 0 Å². The van der Waals surface area contributed by atoms with Gasteiger partial charge in [0.05, 0.1) is 11.9 Å². The molecule has 0 aliphatic heterocycles. The summed E-state index contributed by atoms with van der Waals surface area (Å²) in [6.07, 6.45) is 9.20. The van der Waals surface area contributed by atoms with Gasteiger partial charge >= 0.3 is 0 Å². The minimum absolute atomic E-state index is 0.0504.